The fraction of sp³-hybridized carbons (Fsp3) is 0.0833. The standard InChI is InChI=1S/C12H12N6O/c1-5-2-3-6(4-7(5)13)9-15-8-10(16-9)17-12(14)18-11(8)19/h2-4H,13H2,1H3,(H4,14,15,16,17,18,19). The van der Waals surface area contributed by atoms with Crippen molar-refractivity contribution >= 4 is 22.8 Å². The van der Waals surface area contributed by atoms with Crippen molar-refractivity contribution in [2.24, 2.45) is 0 Å². The lowest BCUT2D eigenvalue weighted by molar-refractivity contribution is 1.17. The smallest absolute Gasteiger partial charge is 0.278 e. The minimum Gasteiger partial charge on any atom is -0.398 e. The minimum atomic E-state index is -0.346. The third kappa shape index (κ3) is 1.81. The topological polar surface area (TPSA) is 126 Å². The maximum Gasteiger partial charge on any atom is 0.278 e. The van der Waals surface area contributed by atoms with E-state index in [1.54, 1.807) is 6.07 Å². The van der Waals surface area contributed by atoms with Crippen LogP contribution in [0.4, 0.5) is 11.6 Å². The molecule has 0 unspecified atom stereocenters. The van der Waals surface area contributed by atoms with E-state index in [0.717, 1.165) is 11.1 Å². The number of benzene rings is 1. The Hall–Kier alpha value is -2.83. The highest BCUT2D eigenvalue weighted by Gasteiger charge is 2.10. The molecule has 0 amide bonds. The van der Waals surface area contributed by atoms with Crippen LogP contribution in [0.5, 0.6) is 0 Å². The lowest BCUT2D eigenvalue weighted by atomic mass is 10.1. The van der Waals surface area contributed by atoms with E-state index in [0.29, 0.717) is 17.0 Å². The SMILES string of the molecule is Cc1ccc(-c2nc3nc(N)[nH]c(=O)c3[nH]2)cc1N. The van der Waals surface area contributed by atoms with Gasteiger partial charge in [-0.1, -0.05) is 12.1 Å². The highest BCUT2D eigenvalue weighted by Crippen LogP contribution is 2.22. The third-order valence-electron chi connectivity index (χ3n) is 2.93. The van der Waals surface area contributed by atoms with Gasteiger partial charge >= 0.3 is 0 Å². The molecule has 0 radical (unpaired) electrons. The number of hydrogen-bond donors (Lipinski definition) is 4. The Morgan fingerprint density at radius 3 is 2.68 bits per heavy atom. The maximum absolute atomic E-state index is 11.7. The van der Waals surface area contributed by atoms with Crippen LogP contribution in [0.25, 0.3) is 22.6 Å². The summed E-state index contributed by atoms with van der Waals surface area (Å²) in [5, 5.41) is 0. The van der Waals surface area contributed by atoms with Gasteiger partial charge in [-0.25, -0.2) is 4.98 Å². The first-order valence-corrected chi connectivity index (χ1v) is 5.66. The molecule has 6 N–H and O–H groups in total. The summed E-state index contributed by atoms with van der Waals surface area (Å²) in [6, 6.07) is 5.56. The van der Waals surface area contributed by atoms with E-state index in [-0.39, 0.29) is 17.2 Å². The summed E-state index contributed by atoms with van der Waals surface area (Å²) in [5.74, 6) is 0.573. The van der Waals surface area contributed by atoms with Crippen molar-refractivity contribution in [3.8, 4) is 11.4 Å². The second-order valence-electron chi connectivity index (χ2n) is 4.31. The maximum atomic E-state index is 11.7. The van der Waals surface area contributed by atoms with Crippen molar-refractivity contribution in [3.63, 3.8) is 0 Å². The number of H-pyrrole nitrogens is 2. The molecule has 0 aliphatic heterocycles. The zero-order valence-corrected chi connectivity index (χ0v) is 10.2. The third-order valence-corrected chi connectivity index (χ3v) is 2.93. The van der Waals surface area contributed by atoms with Gasteiger partial charge in [0.05, 0.1) is 0 Å². The van der Waals surface area contributed by atoms with Gasteiger partial charge in [-0.15, -0.1) is 0 Å². The van der Waals surface area contributed by atoms with E-state index in [1.807, 2.05) is 19.1 Å². The van der Waals surface area contributed by atoms with Crippen molar-refractivity contribution in [1.29, 1.82) is 0 Å². The molecule has 7 nitrogen and oxygen atoms in total. The summed E-state index contributed by atoms with van der Waals surface area (Å²) in [6.07, 6.45) is 0. The fourth-order valence-corrected chi connectivity index (χ4v) is 1.85. The van der Waals surface area contributed by atoms with Crippen molar-refractivity contribution in [2.75, 3.05) is 11.5 Å². The monoisotopic (exact) mass is 256 g/mol. The molecule has 3 rings (SSSR count). The summed E-state index contributed by atoms with van der Waals surface area (Å²) >= 11 is 0. The molecule has 2 aromatic heterocycles. The Morgan fingerprint density at radius 2 is 1.95 bits per heavy atom. The first-order valence-electron chi connectivity index (χ1n) is 5.66. The number of aryl methyl sites for hydroxylation is 1. The van der Waals surface area contributed by atoms with Crippen molar-refractivity contribution < 1.29 is 0 Å². The molecule has 3 aromatic rings. The van der Waals surface area contributed by atoms with Crippen LogP contribution in [-0.2, 0) is 0 Å². The average Bonchev–Trinajstić information content (AvgIpc) is 2.76. The number of nitrogen functional groups attached to an aromatic ring is 2. The molecule has 0 bridgehead atoms. The number of nitrogens with one attached hydrogen (secondary N) is 2. The van der Waals surface area contributed by atoms with Crippen molar-refractivity contribution in [2.45, 2.75) is 6.92 Å². The molecular formula is C12H12N6O. The normalized spacial score (nSPS) is 11.0. The second-order valence-corrected chi connectivity index (χ2v) is 4.31. The zero-order chi connectivity index (χ0) is 13.6. The number of rotatable bonds is 1. The molecule has 0 aliphatic carbocycles. The molecule has 0 saturated carbocycles. The Morgan fingerprint density at radius 1 is 1.16 bits per heavy atom. The van der Waals surface area contributed by atoms with E-state index < -0.39 is 0 Å². The van der Waals surface area contributed by atoms with Crippen LogP contribution < -0.4 is 17.0 Å². The molecule has 0 atom stereocenters. The van der Waals surface area contributed by atoms with Crippen LogP contribution in [0.1, 0.15) is 5.56 Å². The summed E-state index contributed by atoms with van der Waals surface area (Å²) in [5.41, 5.74) is 14.0. The van der Waals surface area contributed by atoms with Gasteiger partial charge in [-0.2, -0.15) is 4.98 Å². The fourth-order valence-electron chi connectivity index (χ4n) is 1.85. The van der Waals surface area contributed by atoms with Crippen molar-refractivity contribution in [1.82, 2.24) is 19.9 Å². The largest absolute Gasteiger partial charge is 0.398 e. The Kier molecular flexibility index (Phi) is 2.28. The summed E-state index contributed by atoms with van der Waals surface area (Å²) in [7, 11) is 0. The summed E-state index contributed by atoms with van der Waals surface area (Å²) < 4.78 is 0. The molecule has 0 saturated heterocycles. The molecule has 96 valence electrons. The average molecular weight is 256 g/mol. The lowest BCUT2D eigenvalue weighted by Crippen LogP contribution is -2.10. The van der Waals surface area contributed by atoms with E-state index in [4.69, 9.17) is 11.5 Å². The highest BCUT2D eigenvalue weighted by atomic mass is 16.1. The number of aromatic nitrogens is 4. The van der Waals surface area contributed by atoms with Crippen LogP contribution in [0.2, 0.25) is 0 Å². The van der Waals surface area contributed by atoms with Crippen LogP contribution in [0.3, 0.4) is 0 Å². The first kappa shape index (κ1) is 11.3. The van der Waals surface area contributed by atoms with E-state index in [1.165, 1.54) is 0 Å². The number of nitrogens with zero attached hydrogens (tertiary/aromatic N) is 2. The van der Waals surface area contributed by atoms with Crippen LogP contribution >= 0.6 is 0 Å². The summed E-state index contributed by atoms with van der Waals surface area (Å²) in [6.45, 7) is 1.92. The minimum absolute atomic E-state index is 0.0407. The van der Waals surface area contributed by atoms with Crippen LogP contribution in [0.15, 0.2) is 23.0 Å². The molecule has 7 heteroatoms. The van der Waals surface area contributed by atoms with E-state index in [9.17, 15) is 4.79 Å². The van der Waals surface area contributed by atoms with Gasteiger partial charge in [0.25, 0.3) is 5.56 Å². The van der Waals surface area contributed by atoms with Crippen LogP contribution in [0, 0.1) is 6.92 Å². The number of hydrogen-bond acceptors (Lipinski definition) is 5. The molecule has 19 heavy (non-hydrogen) atoms. The number of anilines is 2. The molecule has 0 spiro atoms. The molecule has 0 fully saturated rings. The number of fused-ring (bicyclic) bond motifs is 1. The Bertz CT molecular complexity index is 832. The second kappa shape index (κ2) is 3.84. The zero-order valence-electron chi connectivity index (χ0n) is 10.2. The van der Waals surface area contributed by atoms with Gasteiger partial charge < -0.3 is 16.5 Å². The number of nitrogens with two attached hydrogens (primary N) is 2. The van der Waals surface area contributed by atoms with Crippen molar-refractivity contribution in [3.05, 3.63) is 34.1 Å². The van der Waals surface area contributed by atoms with E-state index >= 15 is 0 Å². The van der Waals surface area contributed by atoms with Gasteiger partial charge in [0.15, 0.2) is 11.2 Å². The van der Waals surface area contributed by atoms with Gasteiger partial charge in [-0.05, 0) is 18.6 Å². The van der Waals surface area contributed by atoms with Crippen LogP contribution in [-0.4, -0.2) is 19.9 Å². The summed E-state index contributed by atoms with van der Waals surface area (Å²) in [4.78, 5) is 25.3. The van der Waals surface area contributed by atoms with Gasteiger partial charge in [0.1, 0.15) is 5.82 Å². The molecule has 2 heterocycles. The van der Waals surface area contributed by atoms with Gasteiger partial charge in [-0.3, -0.25) is 9.78 Å². The number of imidazole rings is 1. The predicted molar refractivity (Wildman–Crippen MR) is 73.5 cm³/mol. The number of aromatic amines is 2. The first-order chi connectivity index (χ1) is 9.04. The molecular weight excluding hydrogens is 244 g/mol. The quantitative estimate of drug-likeness (QED) is 0.479. The molecule has 1 aromatic carbocycles. The molecule has 0 aliphatic rings. The lowest BCUT2D eigenvalue weighted by Gasteiger charge is -2.01. The highest BCUT2D eigenvalue weighted by molar-refractivity contribution is 5.76. The van der Waals surface area contributed by atoms with E-state index in [2.05, 4.69) is 19.9 Å². The van der Waals surface area contributed by atoms with Gasteiger partial charge in [0.2, 0.25) is 5.95 Å². The Labute approximate surface area is 107 Å². The van der Waals surface area contributed by atoms with Gasteiger partial charge in [0, 0.05) is 11.3 Å². The predicted octanol–water partition coefficient (Wildman–Crippen LogP) is 0.786. The Balaban J connectivity index is 2.23.